The van der Waals surface area contributed by atoms with Gasteiger partial charge >= 0.3 is 39.7 Å². The van der Waals surface area contributed by atoms with Crippen molar-refractivity contribution in [1.82, 2.24) is 4.98 Å². The van der Waals surface area contributed by atoms with Crippen LogP contribution in [0.4, 0.5) is 13.2 Å². The normalized spacial score (nSPS) is 20.8. The summed E-state index contributed by atoms with van der Waals surface area (Å²) in [6.07, 6.45) is -0.446. The molecule has 3 aromatic rings. The molecule has 1 nitrogen and oxygen atoms in total. The number of fused-ring (bicyclic) bond motifs is 1. The van der Waals surface area contributed by atoms with Gasteiger partial charge in [-0.3, -0.25) is 4.98 Å². The quantitative estimate of drug-likeness (QED) is 0.327. The number of halogens is 5. The number of nitrogens with zero attached hydrogens (tertiary/aromatic N) is 1. The van der Waals surface area contributed by atoms with Gasteiger partial charge < -0.3 is 7.43 Å². The average molecular weight is 493 g/mol. The zero-order chi connectivity index (χ0) is 21.0. The zero-order valence-corrected chi connectivity index (χ0v) is 19.5. The van der Waals surface area contributed by atoms with Crippen molar-refractivity contribution < 1.29 is 26.5 Å². The summed E-state index contributed by atoms with van der Waals surface area (Å²) >= 11 is -0.181. The van der Waals surface area contributed by atoms with Crippen LogP contribution in [-0.4, -0.2) is 4.98 Å². The third-order valence-corrected chi connectivity index (χ3v) is 5.79. The third-order valence-electron chi connectivity index (χ3n) is 5.79. The molecule has 0 spiro atoms. The van der Waals surface area contributed by atoms with Crippen LogP contribution in [0.25, 0.3) is 10.9 Å². The number of pyridine rings is 1. The summed E-state index contributed by atoms with van der Waals surface area (Å²) in [7, 11) is 9.65. The van der Waals surface area contributed by atoms with Crippen molar-refractivity contribution in [2.24, 2.45) is 5.92 Å². The van der Waals surface area contributed by atoms with Crippen LogP contribution in [-0.2, 0) is 19.6 Å². The molecule has 1 fully saturated rings. The fourth-order valence-corrected chi connectivity index (χ4v) is 4.42. The Morgan fingerprint density at radius 2 is 1.53 bits per heavy atom. The second-order valence-corrected chi connectivity index (χ2v) is 9.36. The van der Waals surface area contributed by atoms with Gasteiger partial charge in [0.2, 0.25) is 0 Å². The molecular weight excluding hydrogens is 470 g/mol. The Labute approximate surface area is 190 Å². The first-order valence-corrected chi connectivity index (χ1v) is 12.8. The van der Waals surface area contributed by atoms with E-state index < -0.39 is 11.7 Å². The van der Waals surface area contributed by atoms with Crippen molar-refractivity contribution >= 4 is 31.0 Å². The van der Waals surface area contributed by atoms with Crippen molar-refractivity contribution in [1.29, 1.82) is 0 Å². The predicted molar refractivity (Wildman–Crippen MR) is 115 cm³/mol. The molecule has 3 unspecified atom stereocenters. The van der Waals surface area contributed by atoms with Gasteiger partial charge in [-0.2, -0.15) is 13.2 Å². The Morgan fingerprint density at radius 1 is 0.933 bits per heavy atom. The summed E-state index contributed by atoms with van der Waals surface area (Å²) in [5, 5.41) is 1.13. The van der Waals surface area contributed by atoms with Crippen LogP contribution in [0, 0.1) is 13.3 Å². The summed E-state index contributed by atoms with van der Waals surface area (Å²) in [4.78, 5) is 4.57. The maximum atomic E-state index is 12.8. The van der Waals surface area contributed by atoms with E-state index in [1.807, 2.05) is 12.3 Å². The third kappa shape index (κ3) is 5.51. The van der Waals surface area contributed by atoms with Crippen molar-refractivity contribution in [2.75, 3.05) is 0 Å². The minimum atomic E-state index is -4.28. The van der Waals surface area contributed by atoms with Crippen LogP contribution in [0.5, 0.6) is 0 Å². The molecule has 3 atom stereocenters. The Hall–Kier alpha value is -1.25. The molecule has 2 aromatic carbocycles. The number of rotatable bonds is 2. The second kappa shape index (κ2) is 10.9. The number of alkyl halides is 3. The molecule has 1 aliphatic rings. The van der Waals surface area contributed by atoms with Crippen LogP contribution in [0.2, 0.25) is 0 Å². The van der Waals surface area contributed by atoms with Gasteiger partial charge in [-0.1, -0.05) is 43.3 Å². The van der Waals surface area contributed by atoms with Crippen molar-refractivity contribution in [2.45, 2.75) is 37.8 Å². The monoisotopic (exact) mass is 492 g/mol. The van der Waals surface area contributed by atoms with Crippen LogP contribution in [0.3, 0.4) is 0 Å². The van der Waals surface area contributed by atoms with E-state index in [0.717, 1.165) is 29.3 Å². The second-order valence-electron chi connectivity index (χ2n) is 7.25. The van der Waals surface area contributed by atoms with E-state index in [1.165, 1.54) is 17.7 Å². The SMILES string of the molecule is CC1C(c2ccc(C(F)(F)F)cc2)CCC1c1cccc2cccnc12.[CH3-].[Cl][Cr+][Cl]. The standard InChI is InChI=1S/C22H20F3N.CH3.2ClH.Cr/c1-14-18(15-7-9-17(10-8-15)22(23,24)25)11-12-19(14)20-6-2-4-16-5-3-13-26-21(16)20;;;;/h2-10,13-14,18-19H,11-12H2,1H3;1H3;2*1H;/q;-1;;;+3/p-2. The maximum absolute atomic E-state index is 12.8. The first-order chi connectivity index (χ1) is 13.9. The molecule has 1 aromatic heterocycles. The van der Waals surface area contributed by atoms with Crippen LogP contribution >= 0.6 is 20.1 Å². The fraction of sp³-hybridized carbons (Fsp3) is 0.304. The number of hydrogen-bond acceptors (Lipinski definition) is 1. The van der Waals surface area contributed by atoms with E-state index >= 15 is 0 Å². The minimum absolute atomic E-state index is 0. The van der Waals surface area contributed by atoms with Gasteiger partial charge in [-0.05, 0) is 59.9 Å². The molecule has 0 amide bonds. The van der Waals surface area contributed by atoms with Crippen LogP contribution in [0.1, 0.15) is 48.3 Å². The van der Waals surface area contributed by atoms with E-state index in [-0.39, 0.29) is 26.7 Å². The van der Waals surface area contributed by atoms with Gasteiger partial charge in [0, 0.05) is 11.6 Å². The predicted octanol–water partition coefficient (Wildman–Crippen LogP) is 8.38. The summed E-state index contributed by atoms with van der Waals surface area (Å²) < 4.78 is 38.4. The molecule has 1 saturated carbocycles. The molecule has 4 rings (SSSR count). The van der Waals surface area contributed by atoms with Crippen molar-refractivity contribution in [3.8, 4) is 0 Å². The van der Waals surface area contributed by atoms with E-state index in [9.17, 15) is 13.2 Å². The molecule has 7 heteroatoms. The Bertz CT molecular complexity index is 942. The van der Waals surface area contributed by atoms with Gasteiger partial charge in [0.15, 0.2) is 0 Å². The van der Waals surface area contributed by atoms with Gasteiger partial charge in [-0.25, -0.2) is 0 Å². The van der Waals surface area contributed by atoms with E-state index in [1.54, 1.807) is 12.1 Å². The molecule has 161 valence electrons. The summed E-state index contributed by atoms with van der Waals surface area (Å²) in [6, 6.07) is 16.0. The van der Waals surface area contributed by atoms with Gasteiger partial charge in [-0.15, -0.1) is 0 Å². The van der Waals surface area contributed by atoms with E-state index in [2.05, 4.69) is 36.2 Å². The Kier molecular flexibility index (Phi) is 9.06. The molecule has 0 saturated heterocycles. The Balaban J connectivity index is 0.000000757. The molecule has 0 N–H and O–H groups in total. The Morgan fingerprint density at radius 3 is 2.17 bits per heavy atom. The van der Waals surface area contributed by atoms with Crippen molar-refractivity contribution in [3.63, 3.8) is 0 Å². The summed E-state index contributed by atoms with van der Waals surface area (Å²) in [5.74, 6) is 1.02. The van der Waals surface area contributed by atoms with Gasteiger partial charge in [0.05, 0.1) is 11.1 Å². The number of hydrogen-bond donors (Lipinski definition) is 0. The molecule has 1 heterocycles. The molecular formula is C23H23Cl2CrF3N. The number of benzene rings is 2. The summed E-state index contributed by atoms with van der Waals surface area (Å²) in [5.41, 5.74) is 2.72. The van der Waals surface area contributed by atoms with Gasteiger partial charge in [0.25, 0.3) is 0 Å². The van der Waals surface area contributed by atoms with Crippen LogP contribution < -0.4 is 0 Å². The van der Waals surface area contributed by atoms with E-state index in [4.69, 9.17) is 20.1 Å². The fourth-order valence-electron chi connectivity index (χ4n) is 4.42. The molecule has 30 heavy (non-hydrogen) atoms. The zero-order valence-electron chi connectivity index (χ0n) is 16.7. The first kappa shape index (κ1) is 25.0. The topological polar surface area (TPSA) is 12.9 Å². The molecule has 0 radical (unpaired) electrons. The summed E-state index contributed by atoms with van der Waals surface area (Å²) in [6.45, 7) is 2.21. The van der Waals surface area contributed by atoms with E-state index in [0.29, 0.717) is 11.8 Å². The number of para-hydroxylation sites is 1. The van der Waals surface area contributed by atoms with Crippen LogP contribution in [0.15, 0.2) is 60.8 Å². The van der Waals surface area contributed by atoms with Crippen molar-refractivity contribution in [3.05, 3.63) is 84.9 Å². The molecule has 0 bridgehead atoms. The molecule has 1 aliphatic carbocycles. The number of aromatic nitrogens is 1. The van der Waals surface area contributed by atoms with Gasteiger partial charge in [0.1, 0.15) is 0 Å². The first-order valence-electron chi connectivity index (χ1n) is 9.27. The molecule has 0 aliphatic heterocycles. The average Bonchev–Trinajstić information content (AvgIpc) is 3.09.